The highest BCUT2D eigenvalue weighted by molar-refractivity contribution is 5.83. The summed E-state index contributed by atoms with van der Waals surface area (Å²) in [6.07, 6.45) is 3.83. The predicted octanol–water partition coefficient (Wildman–Crippen LogP) is 0.412. The van der Waals surface area contributed by atoms with Crippen LogP contribution in [0.1, 0.15) is 19.4 Å². The molecular formula is C10H16N2O2. The number of rotatable bonds is 3. The predicted molar refractivity (Wildman–Crippen MR) is 53.6 cm³/mol. The number of nitrogens with one attached hydrogen (secondary N) is 1. The molecule has 0 aliphatic rings. The van der Waals surface area contributed by atoms with E-state index in [9.17, 15) is 9.90 Å². The number of carbonyl (C=O) groups is 1. The van der Waals surface area contributed by atoms with Gasteiger partial charge in [0.05, 0.1) is 0 Å². The summed E-state index contributed by atoms with van der Waals surface area (Å²) in [5.41, 5.74) is -0.292. The van der Waals surface area contributed by atoms with Crippen molar-refractivity contribution in [3.8, 4) is 0 Å². The van der Waals surface area contributed by atoms with Crippen molar-refractivity contribution in [2.24, 2.45) is 7.05 Å². The minimum absolute atomic E-state index is 0.360. The van der Waals surface area contributed by atoms with E-state index < -0.39 is 5.60 Å². The SMILES string of the molecule is Cn1ccc(CNC(=O)C(C)(C)O)c1. The van der Waals surface area contributed by atoms with Crippen molar-refractivity contribution < 1.29 is 9.90 Å². The standard InChI is InChI=1S/C10H16N2O2/c1-10(2,14)9(13)11-6-8-4-5-12(3)7-8/h4-5,7,14H,6H2,1-3H3,(H,11,13). The van der Waals surface area contributed by atoms with Crippen LogP contribution in [0.4, 0.5) is 0 Å². The minimum atomic E-state index is -1.31. The summed E-state index contributed by atoms with van der Waals surface area (Å²) in [5, 5.41) is 12.0. The summed E-state index contributed by atoms with van der Waals surface area (Å²) in [6, 6.07) is 1.92. The molecule has 1 rings (SSSR count). The van der Waals surface area contributed by atoms with Gasteiger partial charge in [-0.2, -0.15) is 0 Å². The van der Waals surface area contributed by atoms with Gasteiger partial charge < -0.3 is 15.0 Å². The van der Waals surface area contributed by atoms with Gasteiger partial charge in [0.25, 0.3) is 5.91 Å². The quantitative estimate of drug-likeness (QED) is 0.735. The van der Waals surface area contributed by atoms with Crippen molar-refractivity contribution in [2.45, 2.75) is 26.0 Å². The van der Waals surface area contributed by atoms with Crippen LogP contribution in [0.2, 0.25) is 0 Å². The molecular weight excluding hydrogens is 180 g/mol. The Hall–Kier alpha value is -1.29. The zero-order chi connectivity index (χ0) is 10.8. The third kappa shape index (κ3) is 2.88. The van der Waals surface area contributed by atoms with Gasteiger partial charge in [0.2, 0.25) is 0 Å². The Labute approximate surface area is 83.5 Å². The third-order valence-electron chi connectivity index (χ3n) is 1.90. The van der Waals surface area contributed by atoms with Gasteiger partial charge in [-0.1, -0.05) is 0 Å². The van der Waals surface area contributed by atoms with E-state index in [0.717, 1.165) is 5.56 Å². The smallest absolute Gasteiger partial charge is 0.251 e. The van der Waals surface area contributed by atoms with Gasteiger partial charge in [0.15, 0.2) is 0 Å². The molecule has 14 heavy (non-hydrogen) atoms. The molecule has 1 heterocycles. The maximum absolute atomic E-state index is 11.3. The average molecular weight is 196 g/mol. The van der Waals surface area contributed by atoms with Crippen molar-refractivity contribution in [1.82, 2.24) is 9.88 Å². The first kappa shape index (κ1) is 10.8. The van der Waals surface area contributed by atoms with Crippen LogP contribution in [-0.2, 0) is 18.4 Å². The Morgan fingerprint density at radius 1 is 1.64 bits per heavy atom. The first-order valence-corrected chi connectivity index (χ1v) is 4.51. The largest absolute Gasteiger partial charge is 0.381 e. The molecule has 1 aromatic heterocycles. The zero-order valence-corrected chi connectivity index (χ0v) is 8.74. The topological polar surface area (TPSA) is 54.3 Å². The fourth-order valence-electron chi connectivity index (χ4n) is 1.06. The van der Waals surface area contributed by atoms with Crippen LogP contribution < -0.4 is 5.32 Å². The van der Waals surface area contributed by atoms with Gasteiger partial charge in [-0.3, -0.25) is 4.79 Å². The Bertz CT molecular complexity index is 323. The fraction of sp³-hybridized carbons (Fsp3) is 0.500. The van der Waals surface area contributed by atoms with Crippen LogP contribution in [0.3, 0.4) is 0 Å². The molecule has 0 aliphatic heterocycles. The van der Waals surface area contributed by atoms with Gasteiger partial charge in [-0.15, -0.1) is 0 Å². The van der Waals surface area contributed by atoms with Crippen LogP contribution in [-0.4, -0.2) is 21.2 Å². The van der Waals surface area contributed by atoms with Gasteiger partial charge in [-0.05, 0) is 25.5 Å². The monoisotopic (exact) mass is 196 g/mol. The molecule has 0 aromatic carbocycles. The lowest BCUT2D eigenvalue weighted by Crippen LogP contribution is -2.41. The lowest BCUT2D eigenvalue weighted by atomic mass is 10.1. The van der Waals surface area contributed by atoms with E-state index in [2.05, 4.69) is 5.32 Å². The molecule has 0 saturated heterocycles. The summed E-state index contributed by atoms with van der Waals surface area (Å²) >= 11 is 0. The molecule has 4 heteroatoms. The molecule has 0 unspecified atom stereocenters. The van der Waals surface area contributed by atoms with Crippen molar-refractivity contribution in [1.29, 1.82) is 0 Å². The first-order valence-electron chi connectivity index (χ1n) is 4.51. The molecule has 4 nitrogen and oxygen atoms in total. The second-order valence-corrected chi connectivity index (χ2v) is 3.93. The number of nitrogens with zero attached hydrogens (tertiary/aromatic N) is 1. The van der Waals surface area contributed by atoms with Crippen LogP contribution in [0, 0.1) is 0 Å². The summed E-state index contributed by atoms with van der Waals surface area (Å²) in [7, 11) is 1.92. The molecule has 0 saturated carbocycles. The van der Waals surface area contributed by atoms with Crippen LogP contribution in [0.15, 0.2) is 18.5 Å². The molecule has 0 spiro atoms. The lowest BCUT2D eigenvalue weighted by molar-refractivity contribution is -0.136. The molecule has 0 aliphatic carbocycles. The van der Waals surface area contributed by atoms with Gasteiger partial charge in [0.1, 0.15) is 5.60 Å². The Morgan fingerprint density at radius 2 is 2.29 bits per heavy atom. The highest BCUT2D eigenvalue weighted by Crippen LogP contribution is 2.03. The van der Waals surface area contributed by atoms with E-state index in [-0.39, 0.29) is 5.91 Å². The molecule has 0 fully saturated rings. The molecule has 0 bridgehead atoms. The molecule has 0 atom stereocenters. The van der Waals surface area contributed by atoms with E-state index in [0.29, 0.717) is 6.54 Å². The third-order valence-corrected chi connectivity index (χ3v) is 1.90. The number of aryl methyl sites for hydroxylation is 1. The number of hydrogen-bond donors (Lipinski definition) is 2. The van der Waals surface area contributed by atoms with Crippen molar-refractivity contribution in [2.75, 3.05) is 0 Å². The van der Waals surface area contributed by atoms with E-state index in [1.54, 1.807) is 0 Å². The Kier molecular flexibility index (Phi) is 2.96. The molecule has 1 amide bonds. The molecule has 1 aromatic rings. The van der Waals surface area contributed by atoms with Crippen LogP contribution >= 0.6 is 0 Å². The highest BCUT2D eigenvalue weighted by atomic mass is 16.3. The van der Waals surface area contributed by atoms with Gasteiger partial charge >= 0.3 is 0 Å². The van der Waals surface area contributed by atoms with Crippen LogP contribution in [0.25, 0.3) is 0 Å². The van der Waals surface area contributed by atoms with E-state index in [4.69, 9.17) is 0 Å². The fourth-order valence-corrected chi connectivity index (χ4v) is 1.06. The maximum atomic E-state index is 11.3. The number of amides is 1. The van der Waals surface area contributed by atoms with Crippen molar-refractivity contribution in [3.05, 3.63) is 24.0 Å². The Morgan fingerprint density at radius 3 is 2.71 bits per heavy atom. The average Bonchev–Trinajstić information content (AvgIpc) is 2.45. The van der Waals surface area contributed by atoms with E-state index in [1.807, 2.05) is 30.1 Å². The first-order chi connectivity index (χ1) is 6.39. The highest BCUT2D eigenvalue weighted by Gasteiger charge is 2.22. The summed E-state index contributed by atoms with van der Waals surface area (Å²) in [6.45, 7) is 3.38. The minimum Gasteiger partial charge on any atom is -0.381 e. The maximum Gasteiger partial charge on any atom is 0.251 e. The number of carbonyl (C=O) groups excluding carboxylic acids is 1. The zero-order valence-electron chi connectivity index (χ0n) is 8.74. The number of hydrogen-bond acceptors (Lipinski definition) is 2. The lowest BCUT2D eigenvalue weighted by Gasteiger charge is -2.15. The molecule has 0 radical (unpaired) electrons. The van der Waals surface area contributed by atoms with Crippen molar-refractivity contribution >= 4 is 5.91 Å². The number of aromatic nitrogens is 1. The summed E-state index contributed by atoms with van der Waals surface area (Å²) in [4.78, 5) is 11.3. The molecule has 2 N–H and O–H groups in total. The molecule has 78 valence electrons. The number of aliphatic hydroxyl groups is 1. The van der Waals surface area contributed by atoms with Gasteiger partial charge in [0, 0.05) is 26.0 Å². The van der Waals surface area contributed by atoms with Crippen LogP contribution in [0.5, 0.6) is 0 Å². The summed E-state index contributed by atoms with van der Waals surface area (Å²) < 4.78 is 1.91. The Balaban J connectivity index is 2.46. The normalized spacial score (nSPS) is 11.4. The van der Waals surface area contributed by atoms with E-state index in [1.165, 1.54) is 13.8 Å². The second kappa shape index (κ2) is 3.84. The van der Waals surface area contributed by atoms with E-state index >= 15 is 0 Å². The summed E-state index contributed by atoms with van der Waals surface area (Å²) in [5.74, 6) is -0.360. The second-order valence-electron chi connectivity index (χ2n) is 3.93. The van der Waals surface area contributed by atoms with Gasteiger partial charge in [-0.25, -0.2) is 0 Å². The van der Waals surface area contributed by atoms with Crippen molar-refractivity contribution in [3.63, 3.8) is 0 Å².